The zero-order valence-electron chi connectivity index (χ0n) is 11.3. The summed E-state index contributed by atoms with van der Waals surface area (Å²) in [5, 5.41) is 1.30. The topological polar surface area (TPSA) is 8.17 Å². The minimum Gasteiger partial charge on any atom is -0.358 e. The van der Waals surface area contributed by atoms with Gasteiger partial charge in [-0.25, -0.2) is 0 Å². The van der Waals surface area contributed by atoms with Gasteiger partial charge in [0.2, 0.25) is 0 Å². The smallest absolute Gasteiger partial charge is 0.113 e. The second-order valence-corrected chi connectivity index (χ2v) is 5.07. The Balaban J connectivity index is 2.82. The molecule has 0 amide bonds. The molecule has 0 saturated heterocycles. The van der Waals surface area contributed by atoms with Crippen molar-refractivity contribution < 1.29 is 0 Å². The lowest BCUT2D eigenvalue weighted by Gasteiger charge is -2.22. The SMILES string of the molecule is C=Cn1c(SCCCC)ccc1N(CC)CC. The summed E-state index contributed by atoms with van der Waals surface area (Å²) < 4.78 is 2.20. The molecule has 1 aromatic rings. The first-order valence-electron chi connectivity index (χ1n) is 6.49. The van der Waals surface area contributed by atoms with Crippen LogP contribution in [-0.4, -0.2) is 23.4 Å². The maximum atomic E-state index is 3.93. The maximum Gasteiger partial charge on any atom is 0.113 e. The van der Waals surface area contributed by atoms with Gasteiger partial charge in [-0.1, -0.05) is 19.9 Å². The van der Waals surface area contributed by atoms with Gasteiger partial charge in [-0.15, -0.1) is 11.8 Å². The van der Waals surface area contributed by atoms with E-state index < -0.39 is 0 Å². The van der Waals surface area contributed by atoms with E-state index in [1.54, 1.807) is 0 Å². The molecule has 0 aromatic carbocycles. The van der Waals surface area contributed by atoms with Crippen LogP contribution in [-0.2, 0) is 0 Å². The molecule has 0 bridgehead atoms. The zero-order valence-corrected chi connectivity index (χ0v) is 12.1. The molecular weight excluding hydrogens is 228 g/mol. The van der Waals surface area contributed by atoms with Crippen LogP contribution in [0.3, 0.4) is 0 Å². The van der Waals surface area contributed by atoms with Crippen molar-refractivity contribution in [2.75, 3.05) is 23.7 Å². The molecule has 0 spiro atoms. The number of aromatic nitrogens is 1. The van der Waals surface area contributed by atoms with Crippen molar-refractivity contribution in [1.82, 2.24) is 4.57 Å². The Morgan fingerprint density at radius 1 is 1.29 bits per heavy atom. The average molecular weight is 252 g/mol. The largest absolute Gasteiger partial charge is 0.358 e. The van der Waals surface area contributed by atoms with E-state index in [0.717, 1.165) is 13.1 Å². The van der Waals surface area contributed by atoms with Crippen molar-refractivity contribution in [3.63, 3.8) is 0 Å². The van der Waals surface area contributed by atoms with E-state index in [1.807, 2.05) is 18.0 Å². The van der Waals surface area contributed by atoms with Crippen LogP contribution in [0.2, 0.25) is 0 Å². The highest BCUT2D eigenvalue weighted by Crippen LogP contribution is 2.27. The number of nitrogens with zero attached hydrogens (tertiary/aromatic N) is 2. The van der Waals surface area contributed by atoms with Crippen LogP contribution >= 0.6 is 11.8 Å². The number of thioether (sulfide) groups is 1. The number of hydrogen-bond donors (Lipinski definition) is 0. The van der Waals surface area contributed by atoms with Crippen LogP contribution in [0.4, 0.5) is 5.82 Å². The van der Waals surface area contributed by atoms with Gasteiger partial charge in [0.15, 0.2) is 0 Å². The minimum absolute atomic E-state index is 1.04. The third-order valence-electron chi connectivity index (χ3n) is 2.88. The molecule has 0 N–H and O–H groups in total. The lowest BCUT2D eigenvalue weighted by atomic mass is 10.4. The van der Waals surface area contributed by atoms with Gasteiger partial charge in [0.1, 0.15) is 5.82 Å². The zero-order chi connectivity index (χ0) is 12.7. The minimum atomic E-state index is 1.04. The Morgan fingerprint density at radius 2 is 2.00 bits per heavy atom. The third kappa shape index (κ3) is 3.56. The summed E-state index contributed by atoms with van der Waals surface area (Å²) in [6.07, 6.45) is 4.44. The molecule has 1 aromatic heterocycles. The average Bonchev–Trinajstić information content (AvgIpc) is 2.74. The summed E-state index contributed by atoms with van der Waals surface area (Å²) in [5.41, 5.74) is 0. The van der Waals surface area contributed by atoms with Crippen LogP contribution in [0.1, 0.15) is 33.6 Å². The molecule has 2 nitrogen and oxygen atoms in total. The van der Waals surface area contributed by atoms with Crippen molar-refractivity contribution in [2.45, 2.75) is 38.6 Å². The molecule has 0 unspecified atom stereocenters. The quantitative estimate of drug-likeness (QED) is 0.503. The molecule has 0 fully saturated rings. The summed E-state index contributed by atoms with van der Waals surface area (Å²) in [4.78, 5) is 2.35. The first-order valence-corrected chi connectivity index (χ1v) is 7.48. The highest BCUT2D eigenvalue weighted by atomic mass is 32.2. The standard InChI is InChI=1S/C14H24N2S/c1-5-9-12-17-14-11-10-13(16(14)8-4)15(6-2)7-3/h8,10-11H,4-7,9,12H2,1-3H3. The van der Waals surface area contributed by atoms with Crippen LogP contribution in [0, 0.1) is 0 Å². The van der Waals surface area contributed by atoms with Gasteiger partial charge in [0.25, 0.3) is 0 Å². The van der Waals surface area contributed by atoms with Gasteiger partial charge in [-0.05, 0) is 38.2 Å². The van der Waals surface area contributed by atoms with Crippen LogP contribution in [0.5, 0.6) is 0 Å². The Bertz CT molecular complexity index is 340. The summed E-state index contributed by atoms with van der Waals surface area (Å²) in [5.74, 6) is 2.44. The lowest BCUT2D eigenvalue weighted by molar-refractivity contribution is 0.820. The highest BCUT2D eigenvalue weighted by molar-refractivity contribution is 7.99. The predicted octanol–water partition coefficient (Wildman–Crippen LogP) is 4.33. The van der Waals surface area contributed by atoms with Gasteiger partial charge >= 0.3 is 0 Å². The number of anilines is 1. The maximum absolute atomic E-state index is 3.93. The molecule has 1 heterocycles. The van der Waals surface area contributed by atoms with E-state index in [-0.39, 0.29) is 0 Å². The second-order valence-electron chi connectivity index (χ2n) is 3.96. The van der Waals surface area contributed by atoms with Gasteiger partial charge in [-0.3, -0.25) is 4.57 Å². The van der Waals surface area contributed by atoms with E-state index in [4.69, 9.17) is 0 Å². The normalized spacial score (nSPS) is 10.5. The number of unbranched alkanes of at least 4 members (excludes halogenated alkanes) is 1. The summed E-state index contributed by atoms with van der Waals surface area (Å²) in [7, 11) is 0. The Kier molecular flexibility index (Phi) is 6.27. The van der Waals surface area contributed by atoms with Crippen molar-refractivity contribution in [2.24, 2.45) is 0 Å². The van der Waals surface area contributed by atoms with E-state index in [1.165, 1.54) is 29.4 Å². The monoisotopic (exact) mass is 252 g/mol. The number of rotatable bonds is 8. The van der Waals surface area contributed by atoms with Crippen molar-refractivity contribution in [3.8, 4) is 0 Å². The summed E-state index contributed by atoms with van der Waals surface area (Å²) in [6.45, 7) is 12.6. The molecule has 17 heavy (non-hydrogen) atoms. The number of hydrogen-bond acceptors (Lipinski definition) is 2. The molecular formula is C14H24N2S. The molecule has 0 aliphatic rings. The molecule has 3 heteroatoms. The Labute approximate surface area is 110 Å². The Morgan fingerprint density at radius 3 is 2.53 bits per heavy atom. The molecule has 0 aliphatic carbocycles. The fourth-order valence-electron chi connectivity index (χ4n) is 1.85. The molecule has 0 atom stereocenters. The van der Waals surface area contributed by atoms with Gasteiger partial charge in [0, 0.05) is 19.3 Å². The third-order valence-corrected chi connectivity index (χ3v) is 4.00. The molecule has 96 valence electrons. The van der Waals surface area contributed by atoms with Crippen molar-refractivity contribution in [3.05, 3.63) is 18.7 Å². The summed E-state index contributed by atoms with van der Waals surface area (Å²) >= 11 is 1.92. The fraction of sp³-hybridized carbons (Fsp3) is 0.571. The van der Waals surface area contributed by atoms with Crippen LogP contribution in [0.15, 0.2) is 23.7 Å². The second kappa shape index (κ2) is 7.49. The van der Waals surface area contributed by atoms with Crippen LogP contribution < -0.4 is 4.90 Å². The summed E-state index contributed by atoms with van der Waals surface area (Å²) in [6, 6.07) is 4.40. The van der Waals surface area contributed by atoms with E-state index in [2.05, 4.69) is 48.9 Å². The first-order chi connectivity index (χ1) is 8.28. The molecule has 0 saturated carbocycles. The fourth-order valence-corrected chi connectivity index (χ4v) is 2.96. The molecule has 1 rings (SSSR count). The van der Waals surface area contributed by atoms with Gasteiger partial charge in [-0.2, -0.15) is 0 Å². The van der Waals surface area contributed by atoms with Crippen molar-refractivity contribution in [1.29, 1.82) is 0 Å². The first kappa shape index (κ1) is 14.2. The lowest BCUT2D eigenvalue weighted by Crippen LogP contribution is -2.23. The highest BCUT2D eigenvalue weighted by Gasteiger charge is 2.10. The van der Waals surface area contributed by atoms with E-state index in [0.29, 0.717) is 0 Å². The Hall–Kier alpha value is -0.830. The van der Waals surface area contributed by atoms with Gasteiger partial charge < -0.3 is 4.90 Å². The van der Waals surface area contributed by atoms with Gasteiger partial charge in [0.05, 0.1) is 5.03 Å². The van der Waals surface area contributed by atoms with E-state index in [9.17, 15) is 0 Å². The van der Waals surface area contributed by atoms with E-state index >= 15 is 0 Å². The predicted molar refractivity (Wildman–Crippen MR) is 80.0 cm³/mol. The van der Waals surface area contributed by atoms with Crippen LogP contribution in [0.25, 0.3) is 6.20 Å². The molecule has 0 radical (unpaired) electrons. The van der Waals surface area contributed by atoms with Crippen molar-refractivity contribution >= 4 is 23.8 Å². The molecule has 0 aliphatic heterocycles.